The van der Waals surface area contributed by atoms with E-state index in [4.69, 9.17) is 9.47 Å². The molecule has 0 aliphatic heterocycles. The van der Waals surface area contributed by atoms with Gasteiger partial charge in [0.2, 0.25) is 0 Å². The van der Waals surface area contributed by atoms with Crippen LogP contribution in [0.25, 0.3) is 0 Å². The summed E-state index contributed by atoms with van der Waals surface area (Å²) >= 11 is 0. The van der Waals surface area contributed by atoms with Gasteiger partial charge in [-0.25, -0.2) is 0 Å². The molecule has 0 spiro atoms. The van der Waals surface area contributed by atoms with Gasteiger partial charge in [-0.3, -0.25) is 4.79 Å². The average molecular weight is 266 g/mol. The molecule has 1 rings (SSSR count). The van der Waals surface area contributed by atoms with Gasteiger partial charge < -0.3 is 14.6 Å². The van der Waals surface area contributed by atoms with Crippen molar-refractivity contribution in [2.45, 2.75) is 33.3 Å². The Balaban J connectivity index is 2.62. The van der Waals surface area contributed by atoms with Gasteiger partial charge in [0.15, 0.2) is 0 Å². The third-order valence-electron chi connectivity index (χ3n) is 2.99. The molecule has 0 amide bonds. The number of rotatable bonds is 6. The van der Waals surface area contributed by atoms with Crippen molar-refractivity contribution in [1.29, 1.82) is 0 Å². The molecule has 0 bridgehead atoms. The third kappa shape index (κ3) is 4.24. The van der Waals surface area contributed by atoms with Gasteiger partial charge in [-0.15, -0.1) is 0 Å². The highest BCUT2D eigenvalue weighted by atomic mass is 16.5. The molecule has 4 heteroatoms. The van der Waals surface area contributed by atoms with Gasteiger partial charge in [-0.05, 0) is 38.0 Å². The Bertz CT molecular complexity index is 409. The van der Waals surface area contributed by atoms with Crippen molar-refractivity contribution in [3.05, 3.63) is 29.8 Å². The first kappa shape index (κ1) is 15.5. The number of aliphatic hydroxyl groups excluding tert-OH is 1. The summed E-state index contributed by atoms with van der Waals surface area (Å²) in [5, 5.41) is 9.68. The van der Waals surface area contributed by atoms with E-state index in [9.17, 15) is 9.90 Å². The van der Waals surface area contributed by atoms with Gasteiger partial charge in [0.1, 0.15) is 12.4 Å². The maximum absolute atomic E-state index is 11.5. The summed E-state index contributed by atoms with van der Waals surface area (Å²) in [6.07, 6.45) is 0.232. The summed E-state index contributed by atoms with van der Waals surface area (Å²) < 4.78 is 10.3. The zero-order valence-corrected chi connectivity index (χ0v) is 12.0. The van der Waals surface area contributed by atoms with Gasteiger partial charge in [0.25, 0.3) is 0 Å². The standard InChI is InChI=1S/C15H22O4/c1-5-13(16)11-6-8-12(9-7-11)19-10-15(2,3)14(17)18-4/h6-9,13,16H,5,10H2,1-4H3. The fourth-order valence-electron chi connectivity index (χ4n) is 1.62. The van der Waals surface area contributed by atoms with E-state index >= 15 is 0 Å². The molecule has 1 N–H and O–H groups in total. The van der Waals surface area contributed by atoms with Gasteiger partial charge in [-0.2, -0.15) is 0 Å². The summed E-state index contributed by atoms with van der Waals surface area (Å²) in [6, 6.07) is 7.24. The molecule has 4 nitrogen and oxygen atoms in total. The van der Waals surface area contributed by atoms with Crippen LogP contribution < -0.4 is 4.74 Å². The van der Waals surface area contributed by atoms with Crippen molar-refractivity contribution < 1.29 is 19.4 Å². The Hall–Kier alpha value is -1.55. The molecule has 106 valence electrons. The molecule has 0 fully saturated rings. The number of benzene rings is 1. The van der Waals surface area contributed by atoms with Crippen LogP contribution in [0.3, 0.4) is 0 Å². The lowest BCUT2D eigenvalue weighted by Crippen LogP contribution is -2.32. The minimum Gasteiger partial charge on any atom is -0.492 e. The van der Waals surface area contributed by atoms with E-state index in [1.807, 2.05) is 19.1 Å². The van der Waals surface area contributed by atoms with E-state index in [0.717, 1.165) is 5.56 Å². The highest BCUT2D eigenvalue weighted by Crippen LogP contribution is 2.23. The first-order chi connectivity index (χ1) is 8.90. The molecule has 0 saturated carbocycles. The topological polar surface area (TPSA) is 55.8 Å². The number of ether oxygens (including phenoxy) is 2. The Labute approximate surface area is 114 Å². The number of carbonyl (C=O) groups excluding carboxylic acids is 1. The van der Waals surface area contributed by atoms with E-state index < -0.39 is 11.5 Å². The second kappa shape index (κ2) is 6.57. The van der Waals surface area contributed by atoms with Crippen molar-refractivity contribution in [3.63, 3.8) is 0 Å². The van der Waals surface area contributed by atoms with E-state index in [2.05, 4.69) is 0 Å². The van der Waals surface area contributed by atoms with Crippen molar-refractivity contribution in [2.24, 2.45) is 5.41 Å². The monoisotopic (exact) mass is 266 g/mol. The predicted molar refractivity (Wildman–Crippen MR) is 73.0 cm³/mol. The highest BCUT2D eigenvalue weighted by Gasteiger charge is 2.29. The number of aliphatic hydroxyl groups is 1. The van der Waals surface area contributed by atoms with E-state index in [1.54, 1.807) is 26.0 Å². The maximum Gasteiger partial charge on any atom is 0.314 e. The number of carbonyl (C=O) groups is 1. The molecule has 1 unspecified atom stereocenters. The Kier molecular flexibility index (Phi) is 5.36. The van der Waals surface area contributed by atoms with Crippen molar-refractivity contribution in [1.82, 2.24) is 0 Å². The van der Waals surface area contributed by atoms with Crippen LogP contribution in [0, 0.1) is 5.41 Å². The fraction of sp³-hybridized carbons (Fsp3) is 0.533. The number of hydrogen-bond acceptors (Lipinski definition) is 4. The lowest BCUT2D eigenvalue weighted by atomic mass is 9.95. The molecule has 19 heavy (non-hydrogen) atoms. The van der Waals surface area contributed by atoms with Gasteiger partial charge in [0.05, 0.1) is 18.6 Å². The second-order valence-corrected chi connectivity index (χ2v) is 5.16. The van der Waals surface area contributed by atoms with Gasteiger partial charge in [0, 0.05) is 0 Å². The summed E-state index contributed by atoms with van der Waals surface area (Å²) in [4.78, 5) is 11.5. The minimum atomic E-state index is -0.684. The van der Waals surface area contributed by atoms with Gasteiger partial charge in [-0.1, -0.05) is 19.1 Å². The first-order valence-electron chi connectivity index (χ1n) is 6.40. The summed E-state index contributed by atoms with van der Waals surface area (Å²) in [5.41, 5.74) is 0.179. The van der Waals surface area contributed by atoms with Crippen LogP contribution in [-0.2, 0) is 9.53 Å². The van der Waals surface area contributed by atoms with E-state index in [0.29, 0.717) is 12.2 Å². The largest absolute Gasteiger partial charge is 0.492 e. The quantitative estimate of drug-likeness (QED) is 0.804. The Morgan fingerprint density at radius 1 is 1.32 bits per heavy atom. The highest BCUT2D eigenvalue weighted by molar-refractivity contribution is 5.75. The molecule has 0 aliphatic carbocycles. The van der Waals surface area contributed by atoms with E-state index in [1.165, 1.54) is 7.11 Å². The number of methoxy groups -OCH3 is 1. The molecular formula is C15H22O4. The summed E-state index contributed by atoms with van der Waals surface area (Å²) in [7, 11) is 1.37. The summed E-state index contributed by atoms with van der Waals surface area (Å²) in [5.74, 6) is 0.370. The molecule has 0 aromatic heterocycles. The first-order valence-corrected chi connectivity index (χ1v) is 6.40. The maximum atomic E-state index is 11.5. The molecule has 1 atom stereocenters. The average Bonchev–Trinajstić information content (AvgIpc) is 2.43. The minimum absolute atomic E-state index is 0.245. The SMILES string of the molecule is CCC(O)c1ccc(OCC(C)(C)C(=O)OC)cc1. The van der Waals surface area contributed by atoms with Crippen LogP contribution in [0.2, 0.25) is 0 Å². The van der Waals surface area contributed by atoms with Gasteiger partial charge >= 0.3 is 5.97 Å². The molecule has 0 aliphatic rings. The lowest BCUT2D eigenvalue weighted by molar-refractivity contribution is -0.152. The molecule has 0 saturated heterocycles. The normalized spacial score (nSPS) is 12.9. The summed E-state index contributed by atoms with van der Waals surface area (Å²) in [6.45, 7) is 5.71. The molecule has 1 aromatic rings. The van der Waals surface area contributed by atoms with Crippen molar-refractivity contribution in [2.75, 3.05) is 13.7 Å². The molecule has 0 radical (unpaired) electrons. The molecule has 1 aromatic carbocycles. The van der Waals surface area contributed by atoms with Crippen molar-refractivity contribution in [3.8, 4) is 5.75 Å². The van der Waals surface area contributed by atoms with Crippen molar-refractivity contribution >= 4 is 5.97 Å². The third-order valence-corrected chi connectivity index (χ3v) is 2.99. The number of hydrogen-bond donors (Lipinski definition) is 1. The predicted octanol–water partition coefficient (Wildman–Crippen LogP) is 2.71. The Morgan fingerprint density at radius 2 is 1.89 bits per heavy atom. The smallest absolute Gasteiger partial charge is 0.314 e. The van der Waals surface area contributed by atoms with Crippen LogP contribution in [0.5, 0.6) is 5.75 Å². The van der Waals surface area contributed by atoms with Crippen LogP contribution in [-0.4, -0.2) is 24.8 Å². The molecular weight excluding hydrogens is 244 g/mol. The zero-order valence-electron chi connectivity index (χ0n) is 12.0. The van der Waals surface area contributed by atoms with E-state index in [-0.39, 0.29) is 12.6 Å². The van der Waals surface area contributed by atoms with Crippen LogP contribution in [0.15, 0.2) is 24.3 Å². The van der Waals surface area contributed by atoms with Crippen LogP contribution >= 0.6 is 0 Å². The second-order valence-electron chi connectivity index (χ2n) is 5.16. The fourth-order valence-corrected chi connectivity index (χ4v) is 1.62. The van der Waals surface area contributed by atoms with Crippen LogP contribution in [0.4, 0.5) is 0 Å². The Morgan fingerprint density at radius 3 is 2.37 bits per heavy atom. The zero-order chi connectivity index (χ0) is 14.5. The molecule has 0 heterocycles. The van der Waals surface area contributed by atoms with Crippen LogP contribution in [0.1, 0.15) is 38.9 Å². The number of esters is 1. The lowest BCUT2D eigenvalue weighted by Gasteiger charge is -2.21.